The van der Waals surface area contributed by atoms with E-state index in [-0.39, 0.29) is 17.6 Å². The van der Waals surface area contributed by atoms with Crippen molar-refractivity contribution in [2.24, 2.45) is 5.92 Å². The van der Waals surface area contributed by atoms with Crippen LogP contribution in [0.2, 0.25) is 5.02 Å². The normalized spacial score (nSPS) is 18.8. The summed E-state index contributed by atoms with van der Waals surface area (Å²) in [5.41, 5.74) is 0.921. The highest BCUT2D eigenvalue weighted by Gasteiger charge is 2.29. The van der Waals surface area contributed by atoms with Crippen molar-refractivity contribution in [1.29, 1.82) is 0 Å². The Morgan fingerprint density at radius 3 is 2.48 bits per heavy atom. The van der Waals surface area contributed by atoms with Gasteiger partial charge in [0, 0.05) is 23.5 Å². The maximum atomic E-state index is 13.0. The zero-order valence-corrected chi connectivity index (χ0v) is 18.3. The molecule has 7 nitrogen and oxygen atoms in total. The zero-order chi connectivity index (χ0) is 22.0. The van der Waals surface area contributed by atoms with Crippen LogP contribution in [-0.2, 0) is 4.79 Å². The third-order valence-corrected chi connectivity index (χ3v) is 6.04. The number of amides is 2. The van der Waals surface area contributed by atoms with E-state index < -0.39 is 5.91 Å². The Bertz CT molecular complexity index is 1090. The molecule has 1 aliphatic carbocycles. The molecule has 0 unspecified atom stereocenters. The Morgan fingerprint density at radius 2 is 1.81 bits per heavy atom. The van der Waals surface area contributed by atoms with Crippen LogP contribution in [0.25, 0.3) is 11.0 Å². The summed E-state index contributed by atoms with van der Waals surface area (Å²) in [5.74, 6) is -0.263. The predicted octanol–water partition coefficient (Wildman–Crippen LogP) is 4.79. The summed E-state index contributed by atoms with van der Waals surface area (Å²) in [6, 6.07) is 11.0. The molecule has 0 atom stereocenters. The van der Waals surface area contributed by atoms with Crippen LogP contribution < -0.4 is 10.6 Å². The first-order valence-corrected chi connectivity index (χ1v) is 10.7. The highest BCUT2D eigenvalue weighted by molar-refractivity contribution is 6.30. The maximum absolute atomic E-state index is 13.0. The molecule has 1 fully saturated rings. The molecule has 4 rings (SSSR count). The summed E-state index contributed by atoms with van der Waals surface area (Å²) >= 11 is 5.86. The van der Waals surface area contributed by atoms with E-state index in [9.17, 15) is 9.59 Å². The van der Waals surface area contributed by atoms with Crippen LogP contribution in [-0.4, -0.2) is 41.8 Å². The lowest BCUT2D eigenvalue weighted by Gasteiger charge is -2.31. The lowest BCUT2D eigenvalue weighted by atomic mass is 9.85. The largest absolute Gasteiger partial charge is 0.449 e. The topological polar surface area (TPSA) is 87.5 Å². The minimum atomic E-state index is -0.488. The van der Waals surface area contributed by atoms with Crippen molar-refractivity contribution in [1.82, 2.24) is 9.88 Å². The predicted molar refractivity (Wildman–Crippen MR) is 121 cm³/mol. The molecule has 0 bridgehead atoms. The van der Waals surface area contributed by atoms with Gasteiger partial charge in [-0.25, -0.2) is 4.98 Å². The van der Waals surface area contributed by atoms with E-state index in [0.717, 1.165) is 25.7 Å². The summed E-state index contributed by atoms with van der Waals surface area (Å²) < 4.78 is 5.81. The number of nitrogens with one attached hydrogen (secondary N) is 2. The number of hydrogen-bond acceptors (Lipinski definition) is 5. The minimum Gasteiger partial charge on any atom is -0.449 e. The molecule has 0 aliphatic heterocycles. The van der Waals surface area contributed by atoms with Gasteiger partial charge in [-0.05, 0) is 64.0 Å². The van der Waals surface area contributed by atoms with Crippen LogP contribution in [0, 0.1) is 5.92 Å². The van der Waals surface area contributed by atoms with Crippen LogP contribution in [0.5, 0.6) is 0 Å². The first-order valence-electron chi connectivity index (χ1n) is 10.3. The summed E-state index contributed by atoms with van der Waals surface area (Å²) in [6.07, 6.45) is 5.05. The Hall–Kier alpha value is -2.90. The second-order valence-electron chi connectivity index (χ2n) is 8.08. The van der Waals surface area contributed by atoms with Gasteiger partial charge >= 0.3 is 0 Å². The van der Waals surface area contributed by atoms with Crippen molar-refractivity contribution >= 4 is 45.9 Å². The molecule has 1 aromatic carbocycles. The van der Waals surface area contributed by atoms with Crippen molar-refractivity contribution in [2.45, 2.75) is 31.7 Å². The molecule has 3 aromatic rings. The highest BCUT2D eigenvalue weighted by Crippen LogP contribution is 2.33. The Balaban J connectivity index is 1.56. The monoisotopic (exact) mass is 440 g/mol. The number of rotatable bonds is 5. The summed E-state index contributed by atoms with van der Waals surface area (Å²) in [4.78, 5) is 32.3. The lowest BCUT2D eigenvalue weighted by molar-refractivity contribution is -0.121. The minimum absolute atomic E-state index is 0.0493. The van der Waals surface area contributed by atoms with E-state index in [4.69, 9.17) is 16.0 Å². The Morgan fingerprint density at radius 1 is 1.06 bits per heavy atom. The Kier molecular flexibility index (Phi) is 6.25. The SMILES string of the molecule is CN(C)C1CCC(C(=O)Nc2c(C(=O)Nc3ccc(Cl)cn3)oc3ccccc23)CC1. The first-order chi connectivity index (χ1) is 14.9. The van der Waals surface area contributed by atoms with Gasteiger partial charge in [-0.1, -0.05) is 23.7 Å². The van der Waals surface area contributed by atoms with E-state index >= 15 is 0 Å². The number of carbonyl (C=O) groups excluding carboxylic acids is 2. The van der Waals surface area contributed by atoms with Crippen molar-refractivity contribution in [3.8, 4) is 0 Å². The molecule has 0 spiro atoms. The van der Waals surface area contributed by atoms with Crippen LogP contribution in [0.1, 0.15) is 36.2 Å². The third-order valence-electron chi connectivity index (χ3n) is 5.82. The van der Waals surface area contributed by atoms with Crippen LogP contribution in [0.3, 0.4) is 0 Å². The molecular formula is C23H25ClN4O3. The number of hydrogen-bond donors (Lipinski definition) is 2. The van der Waals surface area contributed by atoms with Gasteiger partial charge in [0.05, 0.1) is 5.02 Å². The number of fused-ring (bicyclic) bond motifs is 1. The number of anilines is 2. The number of aromatic nitrogens is 1. The van der Waals surface area contributed by atoms with Gasteiger partial charge in [-0.2, -0.15) is 0 Å². The number of furan rings is 1. The lowest BCUT2D eigenvalue weighted by Crippen LogP contribution is -2.35. The van der Waals surface area contributed by atoms with Gasteiger partial charge in [0.2, 0.25) is 11.7 Å². The zero-order valence-electron chi connectivity index (χ0n) is 17.5. The molecule has 1 aliphatic rings. The van der Waals surface area contributed by atoms with Crippen LogP contribution in [0.15, 0.2) is 47.0 Å². The molecule has 2 heterocycles. The summed E-state index contributed by atoms with van der Waals surface area (Å²) in [5, 5.41) is 6.83. The highest BCUT2D eigenvalue weighted by atomic mass is 35.5. The number of nitrogens with zero attached hydrogens (tertiary/aromatic N) is 2. The van der Waals surface area contributed by atoms with Crippen LogP contribution in [0.4, 0.5) is 11.5 Å². The number of halogens is 1. The molecule has 0 saturated heterocycles. The number of para-hydroxylation sites is 1. The molecule has 2 N–H and O–H groups in total. The van der Waals surface area contributed by atoms with Crippen LogP contribution >= 0.6 is 11.6 Å². The molecule has 31 heavy (non-hydrogen) atoms. The Labute approximate surface area is 185 Å². The number of pyridine rings is 1. The van der Waals surface area contributed by atoms with Gasteiger partial charge < -0.3 is 20.0 Å². The van der Waals surface area contributed by atoms with Gasteiger partial charge in [0.1, 0.15) is 17.1 Å². The van der Waals surface area contributed by atoms with Gasteiger partial charge in [-0.3, -0.25) is 9.59 Å². The summed E-state index contributed by atoms with van der Waals surface area (Å²) in [7, 11) is 4.15. The molecule has 1 saturated carbocycles. The second kappa shape index (κ2) is 9.08. The van der Waals surface area contributed by atoms with E-state index in [1.54, 1.807) is 18.2 Å². The van der Waals surface area contributed by atoms with E-state index in [0.29, 0.717) is 33.5 Å². The van der Waals surface area contributed by atoms with E-state index in [2.05, 4.69) is 34.6 Å². The fourth-order valence-corrected chi connectivity index (χ4v) is 4.14. The van der Waals surface area contributed by atoms with Crippen molar-refractivity contribution in [3.05, 3.63) is 53.4 Å². The van der Waals surface area contributed by atoms with Crippen molar-refractivity contribution in [3.63, 3.8) is 0 Å². The van der Waals surface area contributed by atoms with Gasteiger partial charge in [0.15, 0.2) is 0 Å². The van der Waals surface area contributed by atoms with E-state index in [1.807, 2.05) is 18.2 Å². The standard InChI is InChI=1S/C23H25ClN4O3/c1-28(2)16-10-7-14(8-11-16)22(29)27-20-17-5-3-4-6-18(17)31-21(20)23(30)26-19-12-9-15(24)13-25-19/h3-6,9,12-14,16H,7-8,10-11H2,1-2H3,(H,27,29)(H,25,26,30). The van der Waals surface area contributed by atoms with Gasteiger partial charge in [0.25, 0.3) is 5.91 Å². The molecule has 8 heteroatoms. The smallest absolute Gasteiger partial charge is 0.294 e. The first kappa shape index (κ1) is 21.3. The maximum Gasteiger partial charge on any atom is 0.294 e. The third kappa shape index (κ3) is 4.73. The quantitative estimate of drug-likeness (QED) is 0.595. The summed E-state index contributed by atoms with van der Waals surface area (Å²) in [6.45, 7) is 0. The molecular weight excluding hydrogens is 416 g/mol. The molecule has 2 amide bonds. The second-order valence-corrected chi connectivity index (χ2v) is 8.51. The van der Waals surface area contributed by atoms with Crippen molar-refractivity contribution in [2.75, 3.05) is 24.7 Å². The fourth-order valence-electron chi connectivity index (χ4n) is 4.03. The number of benzene rings is 1. The van der Waals surface area contributed by atoms with Crippen molar-refractivity contribution < 1.29 is 14.0 Å². The molecule has 2 aromatic heterocycles. The molecule has 0 radical (unpaired) electrons. The van der Waals surface area contributed by atoms with Gasteiger partial charge in [-0.15, -0.1) is 0 Å². The number of carbonyl (C=O) groups is 2. The van der Waals surface area contributed by atoms with E-state index in [1.165, 1.54) is 6.20 Å². The fraction of sp³-hybridized carbons (Fsp3) is 0.348. The average Bonchev–Trinajstić information content (AvgIpc) is 3.14. The average molecular weight is 441 g/mol. The molecule has 162 valence electrons.